The van der Waals surface area contributed by atoms with Crippen molar-refractivity contribution in [1.82, 2.24) is 0 Å². The van der Waals surface area contributed by atoms with E-state index in [0.29, 0.717) is 13.0 Å². The van der Waals surface area contributed by atoms with E-state index in [0.717, 1.165) is 79.9 Å². The molecule has 0 aliphatic heterocycles. The number of ether oxygens (including phenoxy) is 1. The maximum absolute atomic E-state index is 10.8. The lowest BCUT2D eigenvalue weighted by Crippen LogP contribution is -2.25. The van der Waals surface area contributed by atoms with Gasteiger partial charge in [0.1, 0.15) is 5.75 Å². The molecule has 6 heteroatoms. The van der Waals surface area contributed by atoms with E-state index < -0.39 is 12.2 Å². The summed E-state index contributed by atoms with van der Waals surface area (Å²) in [6.07, 6.45) is 11.6. The van der Waals surface area contributed by atoms with E-state index in [2.05, 4.69) is 43.8 Å². The van der Waals surface area contributed by atoms with Crippen LogP contribution in [0.1, 0.15) is 82.8 Å². The van der Waals surface area contributed by atoms with E-state index in [-0.39, 0.29) is 5.41 Å². The van der Waals surface area contributed by atoms with Crippen molar-refractivity contribution in [3.63, 3.8) is 0 Å². The second-order valence-electron chi connectivity index (χ2n) is 9.48. The fourth-order valence-electron chi connectivity index (χ4n) is 4.70. The average Bonchev–Trinajstić information content (AvgIpc) is 2.92. The first-order valence-corrected chi connectivity index (χ1v) is 13.3. The van der Waals surface area contributed by atoms with Crippen LogP contribution in [0.4, 0.5) is 0 Å². The second-order valence-corrected chi connectivity index (χ2v) is 9.48. The molecule has 0 amide bonds. The van der Waals surface area contributed by atoms with Gasteiger partial charge in [-0.15, -0.1) is 11.5 Å². The minimum atomic E-state index is -1.08. The van der Waals surface area contributed by atoms with Gasteiger partial charge in [-0.05, 0) is 78.6 Å². The predicted octanol–water partition coefficient (Wildman–Crippen LogP) is 7.89. The van der Waals surface area contributed by atoms with Crippen molar-refractivity contribution >= 4 is 12.0 Å². The van der Waals surface area contributed by atoms with E-state index in [1.807, 2.05) is 30.3 Å². The van der Waals surface area contributed by atoms with Gasteiger partial charge in [0, 0.05) is 17.1 Å². The molecule has 2 aromatic rings. The lowest BCUT2D eigenvalue weighted by molar-refractivity contribution is -0.131. The highest BCUT2D eigenvalue weighted by Gasteiger charge is 2.30. The summed E-state index contributed by atoms with van der Waals surface area (Å²) >= 11 is 0. The average molecular weight is 508 g/mol. The maximum atomic E-state index is 10.8. The Balaban J connectivity index is 2.16. The number of aliphatic hydroxyl groups excluding tert-OH is 1. The van der Waals surface area contributed by atoms with Crippen LogP contribution in [0.15, 0.2) is 66.4 Å². The van der Waals surface area contributed by atoms with E-state index in [1.165, 1.54) is 5.56 Å². The minimum Gasteiger partial charge on any atom is -0.493 e. The molecule has 2 rings (SSSR count). The van der Waals surface area contributed by atoms with Crippen LogP contribution in [0.2, 0.25) is 0 Å². The van der Waals surface area contributed by atoms with Gasteiger partial charge < -0.3 is 14.9 Å². The molecule has 0 radical (unpaired) electrons. The number of nitrogens with zero attached hydrogens (tertiary/aromatic N) is 1. The highest BCUT2D eigenvalue weighted by atomic mass is 16.5. The third kappa shape index (κ3) is 9.29. The molecule has 0 spiro atoms. The van der Waals surface area contributed by atoms with Crippen molar-refractivity contribution in [1.29, 1.82) is 0 Å². The molecule has 1 unspecified atom stereocenters. The zero-order valence-corrected chi connectivity index (χ0v) is 22.2. The molecular formula is C31H41NO5. The molecule has 0 saturated carbocycles. The first kappa shape index (κ1) is 30.0. The number of carboxylic acid groups (broad SMARTS) is 1. The first-order valence-electron chi connectivity index (χ1n) is 13.3. The number of carbonyl (C=O) groups is 1. The normalized spacial score (nSPS) is 12.4. The molecular weight excluding hydrogens is 466 g/mol. The SMILES string of the molecule is C=CCC(CC)(CC)c1cc(-c2ccc(/C=C/C(=O)O)cc2)ccc1OCCCCCCCC(O)N=O. The second kappa shape index (κ2) is 15.8. The van der Waals surface area contributed by atoms with Crippen molar-refractivity contribution in [3.8, 4) is 16.9 Å². The zero-order chi connectivity index (χ0) is 27.1. The monoisotopic (exact) mass is 507 g/mol. The van der Waals surface area contributed by atoms with Crippen LogP contribution < -0.4 is 4.74 Å². The number of rotatable bonds is 18. The topological polar surface area (TPSA) is 96.2 Å². The molecule has 0 aliphatic carbocycles. The Bertz CT molecular complexity index is 1020. The fraction of sp³-hybridized carbons (Fsp3) is 0.452. The Morgan fingerprint density at radius 1 is 1.03 bits per heavy atom. The number of aliphatic hydroxyl groups is 1. The highest BCUT2D eigenvalue weighted by molar-refractivity contribution is 5.85. The van der Waals surface area contributed by atoms with Gasteiger partial charge in [0.2, 0.25) is 0 Å². The van der Waals surface area contributed by atoms with E-state index in [4.69, 9.17) is 9.84 Å². The number of allylic oxidation sites excluding steroid dienone is 1. The third-order valence-corrected chi connectivity index (χ3v) is 7.09. The molecule has 2 aromatic carbocycles. The van der Waals surface area contributed by atoms with E-state index >= 15 is 0 Å². The molecule has 0 heterocycles. The summed E-state index contributed by atoms with van der Waals surface area (Å²) in [6, 6.07) is 14.3. The van der Waals surface area contributed by atoms with Crippen molar-refractivity contribution < 1.29 is 19.7 Å². The molecule has 0 aromatic heterocycles. The number of nitroso groups, excluding NO2 is 1. The van der Waals surface area contributed by atoms with Crippen molar-refractivity contribution in [2.45, 2.75) is 83.3 Å². The van der Waals surface area contributed by atoms with Gasteiger partial charge in [0.15, 0.2) is 6.23 Å². The standard InChI is InChI=1S/C31H41NO5/c1-4-21-31(5-2,6-3)27-23-26(25-16-13-24(14-17-25)15-20-30(34)35)18-19-28(27)37-22-11-9-7-8-10-12-29(33)32-36/h4,13-20,23,29,33H,1,5-12,21-22H2,2-3H3,(H,34,35)/b20-15+. The number of aliphatic carboxylic acids is 1. The lowest BCUT2D eigenvalue weighted by Gasteiger charge is -2.33. The molecule has 1 atom stereocenters. The van der Waals surface area contributed by atoms with Crippen molar-refractivity contribution in [3.05, 3.63) is 77.2 Å². The van der Waals surface area contributed by atoms with Gasteiger partial charge in [0.05, 0.1) is 6.61 Å². The Hall–Kier alpha value is -3.25. The van der Waals surface area contributed by atoms with Crippen LogP contribution >= 0.6 is 0 Å². The summed E-state index contributed by atoms with van der Waals surface area (Å²) in [4.78, 5) is 21.0. The van der Waals surface area contributed by atoms with Gasteiger partial charge in [-0.25, -0.2) is 4.79 Å². The van der Waals surface area contributed by atoms with Crippen LogP contribution in [0.3, 0.4) is 0 Å². The molecule has 0 bridgehead atoms. The van der Waals surface area contributed by atoms with E-state index in [9.17, 15) is 14.8 Å². The van der Waals surface area contributed by atoms with Gasteiger partial charge in [-0.2, -0.15) is 0 Å². The fourth-order valence-corrected chi connectivity index (χ4v) is 4.70. The Morgan fingerprint density at radius 3 is 2.30 bits per heavy atom. The third-order valence-electron chi connectivity index (χ3n) is 7.09. The first-order chi connectivity index (χ1) is 17.9. The Labute approximate surface area is 221 Å². The minimum absolute atomic E-state index is 0.0648. The van der Waals surface area contributed by atoms with Crippen LogP contribution in [-0.4, -0.2) is 29.0 Å². The quantitative estimate of drug-likeness (QED) is 0.0925. The maximum Gasteiger partial charge on any atom is 0.328 e. The van der Waals surface area contributed by atoms with Crippen LogP contribution in [0.25, 0.3) is 17.2 Å². The largest absolute Gasteiger partial charge is 0.493 e. The smallest absolute Gasteiger partial charge is 0.328 e. The summed E-state index contributed by atoms with van der Waals surface area (Å²) in [5.74, 6) is -0.0514. The Morgan fingerprint density at radius 2 is 1.68 bits per heavy atom. The number of benzene rings is 2. The molecule has 6 nitrogen and oxygen atoms in total. The molecule has 37 heavy (non-hydrogen) atoms. The van der Waals surface area contributed by atoms with Gasteiger partial charge in [-0.1, -0.05) is 69.5 Å². The van der Waals surface area contributed by atoms with Gasteiger partial charge in [-0.3, -0.25) is 0 Å². The van der Waals surface area contributed by atoms with Crippen LogP contribution in [-0.2, 0) is 10.2 Å². The van der Waals surface area contributed by atoms with Gasteiger partial charge >= 0.3 is 5.97 Å². The summed E-state index contributed by atoms with van der Waals surface area (Å²) in [7, 11) is 0. The van der Waals surface area contributed by atoms with E-state index in [1.54, 1.807) is 6.08 Å². The molecule has 0 aliphatic rings. The molecule has 2 N–H and O–H groups in total. The number of carboxylic acids is 1. The van der Waals surface area contributed by atoms with Crippen molar-refractivity contribution in [2.75, 3.05) is 6.61 Å². The molecule has 200 valence electrons. The summed E-state index contributed by atoms with van der Waals surface area (Å²) < 4.78 is 6.32. The zero-order valence-electron chi connectivity index (χ0n) is 22.2. The van der Waals surface area contributed by atoms with Crippen LogP contribution in [0.5, 0.6) is 5.75 Å². The molecule has 0 fully saturated rings. The number of hydrogen-bond acceptors (Lipinski definition) is 5. The number of hydrogen-bond donors (Lipinski definition) is 2. The van der Waals surface area contributed by atoms with Crippen LogP contribution in [0, 0.1) is 4.91 Å². The summed E-state index contributed by atoms with van der Waals surface area (Å²) in [6.45, 7) is 9.07. The summed E-state index contributed by atoms with van der Waals surface area (Å²) in [5.41, 5.74) is 4.13. The lowest BCUT2D eigenvalue weighted by atomic mass is 9.72. The predicted molar refractivity (Wildman–Crippen MR) is 151 cm³/mol. The Kier molecular flexibility index (Phi) is 12.8. The number of unbranched alkanes of at least 4 members (excludes halogenated alkanes) is 4. The van der Waals surface area contributed by atoms with Crippen molar-refractivity contribution in [2.24, 2.45) is 5.18 Å². The van der Waals surface area contributed by atoms with Gasteiger partial charge in [0.25, 0.3) is 0 Å². The molecule has 0 saturated heterocycles. The summed E-state index contributed by atoms with van der Waals surface area (Å²) in [5, 5.41) is 20.7. The highest BCUT2D eigenvalue weighted by Crippen LogP contribution is 2.42.